The van der Waals surface area contributed by atoms with Gasteiger partial charge in [-0.2, -0.15) is 0 Å². The number of benzene rings is 1. The molecule has 4 N–H and O–H groups in total. The van der Waals surface area contributed by atoms with Crippen LogP contribution in [0.5, 0.6) is 0 Å². The minimum absolute atomic E-state index is 0.0115. The maximum Gasteiger partial charge on any atom is 0.256 e. The number of anilines is 1. The Balaban J connectivity index is 1.44. The number of hydrogen-bond acceptors (Lipinski definition) is 6. The summed E-state index contributed by atoms with van der Waals surface area (Å²) < 4.78 is 36.8. The largest absolute Gasteiger partial charge is 0.390 e. The Morgan fingerprint density at radius 3 is 2.71 bits per heavy atom. The van der Waals surface area contributed by atoms with E-state index >= 15 is 0 Å². The monoisotopic (exact) mass is 490 g/mol. The van der Waals surface area contributed by atoms with Crippen molar-refractivity contribution in [1.82, 2.24) is 15.2 Å². The van der Waals surface area contributed by atoms with E-state index in [0.29, 0.717) is 52.4 Å². The van der Waals surface area contributed by atoms with Crippen molar-refractivity contribution in [2.45, 2.75) is 20.0 Å². The van der Waals surface area contributed by atoms with Crippen molar-refractivity contribution >= 4 is 39.0 Å². The van der Waals surface area contributed by atoms with Gasteiger partial charge in [0.05, 0.1) is 28.7 Å². The Morgan fingerprint density at radius 2 is 2.00 bits per heavy atom. The molecule has 2 amide bonds. The van der Waals surface area contributed by atoms with Gasteiger partial charge in [-0.25, -0.2) is 12.8 Å². The fourth-order valence-corrected chi connectivity index (χ4v) is 5.58. The van der Waals surface area contributed by atoms with Crippen molar-refractivity contribution in [3.63, 3.8) is 0 Å². The molecule has 2 aliphatic heterocycles. The second kappa shape index (κ2) is 9.32. The topological polar surface area (TPSA) is 132 Å². The van der Waals surface area contributed by atoms with Crippen LogP contribution in [-0.4, -0.2) is 79.0 Å². The molecule has 9 nitrogen and oxygen atoms in total. The summed E-state index contributed by atoms with van der Waals surface area (Å²) in [5.74, 6) is -1.04. The second-order valence-electron chi connectivity index (χ2n) is 8.68. The number of carbonyl (C=O) groups excluding carboxylic acids is 2. The lowest BCUT2D eigenvalue weighted by Gasteiger charge is -2.28. The number of aryl methyl sites for hydroxylation is 1. The van der Waals surface area contributed by atoms with Gasteiger partial charge in [0.15, 0.2) is 9.84 Å². The van der Waals surface area contributed by atoms with Crippen molar-refractivity contribution < 1.29 is 27.5 Å². The van der Waals surface area contributed by atoms with E-state index in [4.69, 9.17) is 0 Å². The van der Waals surface area contributed by atoms with Gasteiger partial charge >= 0.3 is 0 Å². The first-order valence-corrected chi connectivity index (χ1v) is 12.8. The molecule has 2 aromatic rings. The van der Waals surface area contributed by atoms with Crippen LogP contribution >= 0.6 is 0 Å². The molecule has 11 heteroatoms. The highest BCUT2D eigenvalue weighted by atomic mass is 32.2. The van der Waals surface area contributed by atoms with E-state index < -0.39 is 21.8 Å². The summed E-state index contributed by atoms with van der Waals surface area (Å²) >= 11 is 0. The van der Waals surface area contributed by atoms with Crippen molar-refractivity contribution in [2.75, 3.05) is 43.0 Å². The van der Waals surface area contributed by atoms with Crippen LogP contribution in [0.2, 0.25) is 0 Å². The predicted octanol–water partition coefficient (Wildman–Crippen LogP) is 1.08. The van der Waals surface area contributed by atoms with Crippen molar-refractivity contribution in [3.8, 4) is 0 Å². The van der Waals surface area contributed by atoms with Crippen LogP contribution in [0.4, 0.5) is 10.1 Å². The molecule has 34 heavy (non-hydrogen) atoms. The van der Waals surface area contributed by atoms with Gasteiger partial charge in [0.1, 0.15) is 5.82 Å². The van der Waals surface area contributed by atoms with E-state index in [0.717, 1.165) is 0 Å². The fourth-order valence-electron chi connectivity index (χ4n) is 4.30. The third kappa shape index (κ3) is 5.06. The van der Waals surface area contributed by atoms with E-state index in [-0.39, 0.29) is 36.4 Å². The molecule has 1 fully saturated rings. The van der Waals surface area contributed by atoms with E-state index in [9.17, 15) is 27.5 Å². The Labute approximate surface area is 197 Å². The molecule has 2 aliphatic rings. The standard InChI is InChI=1S/C23H27FN4O5S/c1-13-20(10-18-17-9-15(24)3-4-19(17)27-22(18)30)26-14(2)21(13)23(31)25-11-16(29)12-28-5-7-34(32,33)8-6-28/h3-4,9-10,16,26,29H,5-8,11-12H2,1-2H3,(H,25,31)(H,27,30). The number of β-amino-alcohol motifs (C(OH)–C–C–N with tert-alkyl or cyclic N) is 1. The van der Waals surface area contributed by atoms with E-state index in [2.05, 4.69) is 15.6 Å². The highest BCUT2D eigenvalue weighted by Crippen LogP contribution is 2.34. The number of sulfone groups is 1. The molecule has 0 aliphatic carbocycles. The fraction of sp³-hybridized carbons (Fsp3) is 0.391. The number of aliphatic hydroxyl groups is 1. The number of nitrogens with one attached hydrogen (secondary N) is 3. The van der Waals surface area contributed by atoms with Gasteiger partial charge in [0, 0.05) is 48.8 Å². The summed E-state index contributed by atoms with van der Waals surface area (Å²) in [6.45, 7) is 4.48. The number of hydrogen-bond donors (Lipinski definition) is 4. The van der Waals surface area contributed by atoms with Crippen LogP contribution in [0.15, 0.2) is 18.2 Å². The number of amides is 2. The smallest absolute Gasteiger partial charge is 0.256 e. The van der Waals surface area contributed by atoms with Crippen LogP contribution in [0.1, 0.15) is 32.9 Å². The zero-order valence-electron chi connectivity index (χ0n) is 18.9. The second-order valence-corrected chi connectivity index (χ2v) is 11.0. The minimum Gasteiger partial charge on any atom is -0.390 e. The van der Waals surface area contributed by atoms with Crippen LogP contribution in [-0.2, 0) is 14.6 Å². The van der Waals surface area contributed by atoms with E-state index in [1.54, 1.807) is 19.9 Å². The van der Waals surface area contributed by atoms with Crippen molar-refractivity contribution in [2.24, 2.45) is 0 Å². The van der Waals surface area contributed by atoms with Gasteiger partial charge in [-0.3, -0.25) is 14.5 Å². The van der Waals surface area contributed by atoms with Crippen LogP contribution < -0.4 is 10.6 Å². The number of aromatic nitrogens is 1. The summed E-state index contributed by atoms with van der Waals surface area (Å²) in [4.78, 5) is 30.2. The van der Waals surface area contributed by atoms with Crippen molar-refractivity contribution in [3.05, 3.63) is 52.1 Å². The molecule has 1 atom stereocenters. The Bertz CT molecular complexity index is 1270. The number of rotatable bonds is 6. The number of fused-ring (bicyclic) bond motifs is 1. The molecule has 0 spiro atoms. The number of nitrogens with zero attached hydrogens (tertiary/aromatic N) is 1. The molecule has 3 heterocycles. The van der Waals surface area contributed by atoms with Gasteiger partial charge in [-0.1, -0.05) is 0 Å². The number of H-pyrrole nitrogens is 1. The van der Waals surface area contributed by atoms with Gasteiger partial charge in [0.2, 0.25) is 0 Å². The molecule has 182 valence electrons. The molecule has 0 saturated carbocycles. The first-order valence-electron chi connectivity index (χ1n) is 11.0. The number of aromatic amines is 1. The lowest BCUT2D eigenvalue weighted by Crippen LogP contribution is -2.46. The third-order valence-electron chi connectivity index (χ3n) is 6.16. The molecule has 1 aromatic heterocycles. The number of aliphatic hydroxyl groups excluding tert-OH is 1. The third-order valence-corrected chi connectivity index (χ3v) is 7.77. The molecular formula is C23H27FN4O5S. The first-order chi connectivity index (χ1) is 16.0. The first kappa shape index (κ1) is 24.1. The summed E-state index contributed by atoms with van der Waals surface area (Å²) in [5, 5.41) is 15.7. The molecule has 1 saturated heterocycles. The summed E-state index contributed by atoms with van der Waals surface area (Å²) in [6, 6.07) is 4.07. The zero-order valence-corrected chi connectivity index (χ0v) is 19.8. The lowest BCUT2D eigenvalue weighted by atomic mass is 10.0. The summed E-state index contributed by atoms with van der Waals surface area (Å²) in [7, 11) is -3.00. The summed E-state index contributed by atoms with van der Waals surface area (Å²) in [5.41, 5.74) is 3.45. The Hall–Kier alpha value is -3.02. The maximum absolute atomic E-state index is 13.7. The Morgan fingerprint density at radius 1 is 1.29 bits per heavy atom. The lowest BCUT2D eigenvalue weighted by molar-refractivity contribution is -0.110. The zero-order chi connectivity index (χ0) is 24.6. The van der Waals surface area contributed by atoms with E-state index in [1.165, 1.54) is 18.2 Å². The minimum atomic E-state index is -3.00. The molecular weight excluding hydrogens is 463 g/mol. The normalized spacial score (nSPS) is 19.6. The Kier molecular flexibility index (Phi) is 6.61. The number of carbonyl (C=O) groups is 2. The highest BCUT2D eigenvalue weighted by Gasteiger charge is 2.27. The molecule has 1 unspecified atom stereocenters. The highest BCUT2D eigenvalue weighted by molar-refractivity contribution is 7.91. The maximum atomic E-state index is 13.7. The molecule has 0 radical (unpaired) electrons. The average Bonchev–Trinajstić information content (AvgIpc) is 3.23. The number of halogens is 1. The van der Waals surface area contributed by atoms with Gasteiger partial charge < -0.3 is 20.7 Å². The van der Waals surface area contributed by atoms with Gasteiger partial charge in [0.25, 0.3) is 11.8 Å². The van der Waals surface area contributed by atoms with Crippen LogP contribution in [0.3, 0.4) is 0 Å². The molecule has 4 rings (SSSR count). The van der Waals surface area contributed by atoms with Gasteiger partial charge in [-0.15, -0.1) is 0 Å². The molecule has 0 bridgehead atoms. The quantitative estimate of drug-likeness (QED) is 0.448. The van der Waals surface area contributed by atoms with Crippen LogP contribution in [0.25, 0.3) is 11.6 Å². The SMILES string of the molecule is Cc1[nH]c(C=C2C(=O)Nc3ccc(F)cc32)c(C)c1C(=O)NCC(O)CN1CCS(=O)(=O)CC1. The molecule has 1 aromatic carbocycles. The van der Waals surface area contributed by atoms with Crippen LogP contribution in [0, 0.1) is 19.7 Å². The average molecular weight is 491 g/mol. The van der Waals surface area contributed by atoms with Crippen molar-refractivity contribution in [1.29, 1.82) is 0 Å². The summed E-state index contributed by atoms with van der Waals surface area (Å²) in [6.07, 6.45) is 0.748. The van der Waals surface area contributed by atoms with Gasteiger partial charge in [-0.05, 0) is 43.7 Å². The van der Waals surface area contributed by atoms with E-state index in [1.807, 2.05) is 4.90 Å². The predicted molar refractivity (Wildman–Crippen MR) is 127 cm³/mol.